The van der Waals surface area contributed by atoms with Crippen molar-refractivity contribution >= 4 is 17.8 Å². The molecular weight excluding hydrogens is 343 g/mol. The van der Waals surface area contributed by atoms with Gasteiger partial charge in [0.2, 0.25) is 11.8 Å². The van der Waals surface area contributed by atoms with Gasteiger partial charge in [0.15, 0.2) is 17.6 Å². The number of nitrogens with zero attached hydrogens (tertiary/aromatic N) is 1. The van der Waals surface area contributed by atoms with Gasteiger partial charge in [-0.15, -0.1) is 0 Å². The van der Waals surface area contributed by atoms with E-state index >= 15 is 0 Å². The van der Waals surface area contributed by atoms with Gasteiger partial charge < -0.3 is 20.1 Å². The van der Waals surface area contributed by atoms with Gasteiger partial charge in [0, 0.05) is 13.0 Å². The summed E-state index contributed by atoms with van der Waals surface area (Å²) >= 11 is 0. The molecule has 1 fully saturated rings. The Hall–Kier alpha value is -2.64. The Kier molecular flexibility index (Phi) is 6.94. The molecule has 1 saturated heterocycles. The number of rotatable bonds is 6. The van der Waals surface area contributed by atoms with Crippen molar-refractivity contribution in [3.8, 4) is 5.75 Å². The fourth-order valence-corrected chi connectivity index (χ4v) is 2.91. The van der Waals surface area contributed by atoms with Crippen molar-refractivity contribution < 1.29 is 28.6 Å². The van der Waals surface area contributed by atoms with Crippen LogP contribution in [0.3, 0.4) is 0 Å². The summed E-state index contributed by atoms with van der Waals surface area (Å²) in [4.78, 5) is 37.3. The molecule has 1 heterocycles. The second-order valence-electron chi connectivity index (χ2n) is 6.21. The van der Waals surface area contributed by atoms with Crippen molar-refractivity contribution in [1.82, 2.24) is 10.2 Å². The third-order valence-electron chi connectivity index (χ3n) is 4.32. The van der Waals surface area contributed by atoms with Gasteiger partial charge >= 0.3 is 5.97 Å². The molecule has 1 atom stereocenters. The number of carboxylic acids is 1. The van der Waals surface area contributed by atoms with Gasteiger partial charge in [0.25, 0.3) is 0 Å². The highest BCUT2D eigenvalue weighted by atomic mass is 19.1. The molecule has 2 amide bonds. The molecule has 7 nitrogen and oxygen atoms in total. The summed E-state index contributed by atoms with van der Waals surface area (Å²) in [5.41, 5.74) is 0.0862. The lowest BCUT2D eigenvalue weighted by Gasteiger charge is -2.25. The van der Waals surface area contributed by atoms with Gasteiger partial charge in [-0.25, -0.2) is 9.18 Å². The summed E-state index contributed by atoms with van der Waals surface area (Å²) in [6.07, 6.45) is 3.98. The molecule has 1 aromatic rings. The van der Waals surface area contributed by atoms with E-state index < -0.39 is 23.7 Å². The standard InChI is InChI=1S/C18H23FN2O5/c1-26-14-8-7-12(10-13(14)19)17(18(24)25)20-15(22)11-21-9-5-3-2-4-6-16(21)23/h7-8,10,17H,2-6,9,11H2,1H3,(H,20,22)(H,24,25). The average Bonchev–Trinajstić information content (AvgIpc) is 2.59. The zero-order valence-electron chi connectivity index (χ0n) is 14.7. The molecule has 142 valence electrons. The SMILES string of the molecule is COc1ccc(C(NC(=O)CN2CCCCCCC2=O)C(=O)O)cc1F. The number of amides is 2. The van der Waals surface area contributed by atoms with E-state index in [0.29, 0.717) is 13.0 Å². The third kappa shape index (κ3) is 5.18. The lowest BCUT2D eigenvalue weighted by atomic mass is 10.1. The maximum absolute atomic E-state index is 13.8. The van der Waals surface area contributed by atoms with Crippen molar-refractivity contribution in [3.63, 3.8) is 0 Å². The Morgan fingerprint density at radius 1 is 1.31 bits per heavy atom. The molecule has 1 aliphatic rings. The van der Waals surface area contributed by atoms with Crippen molar-refractivity contribution in [3.05, 3.63) is 29.6 Å². The number of halogens is 1. The van der Waals surface area contributed by atoms with Crippen LogP contribution in [0.1, 0.15) is 43.7 Å². The highest BCUT2D eigenvalue weighted by Crippen LogP contribution is 2.22. The minimum absolute atomic E-state index is 0.0181. The van der Waals surface area contributed by atoms with Crippen molar-refractivity contribution in [2.75, 3.05) is 20.2 Å². The lowest BCUT2D eigenvalue weighted by molar-refractivity contribution is -0.143. The molecule has 0 saturated carbocycles. The normalized spacial score (nSPS) is 16.4. The fraction of sp³-hybridized carbons (Fsp3) is 0.500. The van der Waals surface area contributed by atoms with E-state index in [1.165, 1.54) is 24.1 Å². The van der Waals surface area contributed by atoms with E-state index in [1.807, 2.05) is 0 Å². The molecule has 2 N–H and O–H groups in total. The molecule has 0 spiro atoms. The second-order valence-corrected chi connectivity index (χ2v) is 6.21. The maximum atomic E-state index is 13.8. The minimum atomic E-state index is -1.41. The van der Waals surface area contributed by atoms with Crippen molar-refractivity contribution in [2.45, 2.75) is 38.1 Å². The fourth-order valence-electron chi connectivity index (χ4n) is 2.91. The molecular formula is C18H23FN2O5. The number of nitrogens with one attached hydrogen (secondary N) is 1. The summed E-state index contributed by atoms with van der Waals surface area (Å²) in [6.45, 7) is 0.266. The van der Waals surface area contributed by atoms with E-state index in [1.54, 1.807) is 0 Å². The predicted molar refractivity (Wildman–Crippen MR) is 91.1 cm³/mol. The van der Waals surface area contributed by atoms with Gasteiger partial charge in [0.05, 0.1) is 13.7 Å². The summed E-state index contributed by atoms with van der Waals surface area (Å²) < 4.78 is 18.6. The van der Waals surface area contributed by atoms with Gasteiger partial charge in [-0.3, -0.25) is 9.59 Å². The molecule has 2 rings (SSSR count). The summed E-state index contributed by atoms with van der Waals surface area (Å²) in [5.74, 6) is -2.76. The largest absolute Gasteiger partial charge is 0.494 e. The van der Waals surface area contributed by atoms with Crippen molar-refractivity contribution in [1.29, 1.82) is 0 Å². The number of carbonyl (C=O) groups is 3. The van der Waals surface area contributed by atoms with Gasteiger partial charge in [0.1, 0.15) is 0 Å². The first kappa shape index (κ1) is 19.7. The molecule has 0 radical (unpaired) electrons. The van der Waals surface area contributed by atoms with Gasteiger partial charge in [-0.1, -0.05) is 18.9 Å². The van der Waals surface area contributed by atoms with Crippen molar-refractivity contribution in [2.24, 2.45) is 0 Å². The first-order chi connectivity index (χ1) is 12.4. The van der Waals surface area contributed by atoms with Crippen LogP contribution in [-0.4, -0.2) is 48.0 Å². The van der Waals surface area contributed by atoms with Crippen LogP contribution in [0.25, 0.3) is 0 Å². The highest BCUT2D eigenvalue weighted by Gasteiger charge is 2.25. The number of aliphatic carboxylic acids is 1. The number of likely N-dealkylation sites (tertiary alicyclic amines) is 1. The van der Waals surface area contributed by atoms with E-state index in [9.17, 15) is 23.9 Å². The van der Waals surface area contributed by atoms with E-state index in [-0.39, 0.29) is 23.8 Å². The summed E-state index contributed by atoms with van der Waals surface area (Å²) in [6, 6.07) is 2.28. The molecule has 8 heteroatoms. The number of carbonyl (C=O) groups excluding carboxylic acids is 2. The smallest absolute Gasteiger partial charge is 0.330 e. The topological polar surface area (TPSA) is 95.9 Å². The van der Waals surface area contributed by atoms with Crippen LogP contribution >= 0.6 is 0 Å². The first-order valence-electron chi connectivity index (χ1n) is 8.55. The average molecular weight is 366 g/mol. The lowest BCUT2D eigenvalue weighted by Crippen LogP contribution is -2.44. The van der Waals surface area contributed by atoms with Crippen LogP contribution in [0.5, 0.6) is 5.75 Å². The number of hydrogen-bond acceptors (Lipinski definition) is 4. The quantitative estimate of drug-likeness (QED) is 0.801. The Morgan fingerprint density at radius 2 is 2.04 bits per heavy atom. The van der Waals surface area contributed by atoms with Crippen LogP contribution in [0.15, 0.2) is 18.2 Å². The molecule has 1 unspecified atom stereocenters. The minimum Gasteiger partial charge on any atom is -0.494 e. The number of methoxy groups -OCH3 is 1. The van der Waals surface area contributed by atoms with Crippen LogP contribution in [0.2, 0.25) is 0 Å². The zero-order chi connectivity index (χ0) is 19.1. The van der Waals surface area contributed by atoms with Crippen LogP contribution in [0.4, 0.5) is 4.39 Å². The molecule has 0 aliphatic carbocycles. The number of hydrogen-bond donors (Lipinski definition) is 2. The predicted octanol–water partition coefficient (Wildman–Crippen LogP) is 1.87. The third-order valence-corrected chi connectivity index (χ3v) is 4.32. The van der Waals surface area contributed by atoms with E-state index in [2.05, 4.69) is 5.32 Å². The molecule has 1 aliphatic heterocycles. The van der Waals surface area contributed by atoms with Gasteiger partial charge in [-0.2, -0.15) is 0 Å². The monoisotopic (exact) mass is 366 g/mol. The molecule has 1 aromatic carbocycles. The molecule has 0 bridgehead atoms. The van der Waals surface area contributed by atoms with Crippen LogP contribution < -0.4 is 10.1 Å². The first-order valence-corrected chi connectivity index (χ1v) is 8.55. The Labute approximate surface area is 151 Å². The molecule has 26 heavy (non-hydrogen) atoms. The van der Waals surface area contributed by atoms with Crippen LogP contribution in [0, 0.1) is 5.82 Å². The summed E-state index contributed by atoms with van der Waals surface area (Å²) in [7, 11) is 1.30. The summed E-state index contributed by atoms with van der Waals surface area (Å²) in [5, 5.41) is 11.7. The van der Waals surface area contributed by atoms with E-state index in [4.69, 9.17) is 4.74 Å². The Bertz CT molecular complexity index is 680. The zero-order valence-corrected chi connectivity index (χ0v) is 14.7. The highest BCUT2D eigenvalue weighted by molar-refractivity contribution is 5.88. The maximum Gasteiger partial charge on any atom is 0.330 e. The number of benzene rings is 1. The van der Waals surface area contributed by atoms with Gasteiger partial charge in [-0.05, 0) is 30.5 Å². The van der Waals surface area contributed by atoms with E-state index in [0.717, 1.165) is 31.7 Å². The number of ether oxygens (including phenoxy) is 1. The Morgan fingerprint density at radius 3 is 2.69 bits per heavy atom. The molecule has 0 aromatic heterocycles. The second kappa shape index (κ2) is 9.17. The Balaban J connectivity index is 2.06. The van der Waals surface area contributed by atoms with Crippen LogP contribution in [-0.2, 0) is 14.4 Å². The number of carboxylic acid groups (broad SMARTS) is 1.